The average Bonchev–Trinajstić information content (AvgIpc) is 1.94. The van der Waals surface area contributed by atoms with Crippen molar-refractivity contribution in [2.24, 2.45) is 0 Å². The van der Waals surface area contributed by atoms with Gasteiger partial charge in [-0.15, -0.1) is 0 Å². The Labute approximate surface area is 56.4 Å². The van der Waals surface area contributed by atoms with E-state index in [1.807, 2.05) is 0 Å². The maximum Gasteiger partial charge on any atom is 0.214 e. The first-order chi connectivity index (χ1) is 4.74. The SMILES string of the molecule is N#Cc1nc(F)ccc1O. The number of nitriles is 1. The lowest BCUT2D eigenvalue weighted by Crippen LogP contribution is -1.86. The normalized spacial score (nSPS) is 8.80. The summed E-state index contributed by atoms with van der Waals surface area (Å²) >= 11 is 0. The lowest BCUT2D eigenvalue weighted by molar-refractivity contribution is 0.464. The molecule has 0 aliphatic rings. The molecule has 1 rings (SSSR count). The highest BCUT2D eigenvalue weighted by Crippen LogP contribution is 2.11. The van der Waals surface area contributed by atoms with Gasteiger partial charge in [-0.1, -0.05) is 0 Å². The molecule has 50 valence electrons. The number of nitrogens with zero attached hydrogens (tertiary/aromatic N) is 2. The zero-order chi connectivity index (χ0) is 7.56. The van der Waals surface area contributed by atoms with Crippen LogP contribution in [0, 0.1) is 17.3 Å². The third kappa shape index (κ3) is 1.03. The second kappa shape index (κ2) is 2.31. The standard InChI is InChI=1S/C6H3FN2O/c7-6-2-1-5(10)4(3-8)9-6/h1-2,10H. The van der Waals surface area contributed by atoms with Crippen LogP contribution in [0.2, 0.25) is 0 Å². The van der Waals surface area contributed by atoms with Gasteiger partial charge < -0.3 is 5.11 Å². The van der Waals surface area contributed by atoms with Crippen LogP contribution >= 0.6 is 0 Å². The van der Waals surface area contributed by atoms with E-state index in [-0.39, 0.29) is 11.4 Å². The summed E-state index contributed by atoms with van der Waals surface area (Å²) in [5.41, 5.74) is -0.292. The van der Waals surface area contributed by atoms with E-state index in [2.05, 4.69) is 4.98 Å². The van der Waals surface area contributed by atoms with E-state index in [1.165, 1.54) is 6.07 Å². The highest BCUT2D eigenvalue weighted by atomic mass is 19.1. The van der Waals surface area contributed by atoms with Crippen molar-refractivity contribution in [3.8, 4) is 11.8 Å². The van der Waals surface area contributed by atoms with E-state index in [0.29, 0.717) is 0 Å². The quantitative estimate of drug-likeness (QED) is 0.539. The summed E-state index contributed by atoms with van der Waals surface area (Å²) < 4.78 is 12.2. The maximum absolute atomic E-state index is 12.2. The summed E-state index contributed by atoms with van der Waals surface area (Å²) in [5.74, 6) is -1.07. The minimum absolute atomic E-state index is 0.292. The van der Waals surface area contributed by atoms with Crippen molar-refractivity contribution < 1.29 is 9.50 Å². The summed E-state index contributed by atoms with van der Waals surface area (Å²) in [6.07, 6.45) is 0. The van der Waals surface area contributed by atoms with Gasteiger partial charge in [0, 0.05) is 0 Å². The Morgan fingerprint density at radius 3 is 2.80 bits per heavy atom. The minimum Gasteiger partial charge on any atom is -0.505 e. The summed E-state index contributed by atoms with van der Waals surface area (Å²) in [4.78, 5) is 3.11. The Kier molecular flexibility index (Phi) is 1.50. The maximum atomic E-state index is 12.2. The minimum atomic E-state index is -0.769. The molecule has 0 amide bonds. The lowest BCUT2D eigenvalue weighted by Gasteiger charge is -1.91. The third-order valence-electron chi connectivity index (χ3n) is 0.946. The van der Waals surface area contributed by atoms with E-state index in [4.69, 9.17) is 10.4 Å². The van der Waals surface area contributed by atoms with Crippen molar-refractivity contribution in [1.82, 2.24) is 4.98 Å². The number of rotatable bonds is 0. The Morgan fingerprint density at radius 1 is 1.60 bits per heavy atom. The van der Waals surface area contributed by atoms with Crippen LogP contribution in [0.5, 0.6) is 5.75 Å². The average molecular weight is 138 g/mol. The Morgan fingerprint density at radius 2 is 2.30 bits per heavy atom. The second-order valence-electron chi connectivity index (χ2n) is 1.61. The van der Waals surface area contributed by atoms with Crippen LogP contribution in [0.4, 0.5) is 4.39 Å². The highest BCUT2D eigenvalue weighted by Gasteiger charge is 2.01. The summed E-state index contributed by atoms with van der Waals surface area (Å²) in [5, 5.41) is 17.0. The zero-order valence-electron chi connectivity index (χ0n) is 4.87. The fourth-order valence-electron chi connectivity index (χ4n) is 0.510. The van der Waals surface area contributed by atoms with Gasteiger partial charge >= 0.3 is 0 Å². The van der Waals surface area contributed by atoms with Gasteiger partial charge in [-0.05, 0) is 12.1 Å². The van der Waals surface area contributed by atoms with Gasteiger partial charge in [-0.2, -0.15) is 9.65 Å². The molecule has 0 bridgehead atoms. The van der Waals surface area contributed by atoms with Crippen molar-refractivity contribution in [3.63, 3.8) is 0 Å². The van der Waals surface area contributed by atoms with Gasteiger partial charge in [0.2, 0.25) is 5.95 Å². The Hall–Kier alpha value is -1.63. The molecule has 4 heteroatoms. The molecule has 0 spiro atoms. The van der Waals surface area contributed by atoms with Crippen LogP contribution in [0.1, 0.15) is 5.69 Å². The Balaban J connectivity index is 3.25. The number of hydrogen-bond donors (Lipinski definition) is 1. The van der Waals surface area contributed by atoms with Gasteiger partial charge in [0.05, 0.1) is 0 Å². The third-order valence-corrected chi connectivity index (χ3v) is 0.946. The van der Waals surface area contributed by atoms with E-state index in [9.17, 15) is 4.39 Å². The number of aromatic hydroxyl groups is 1. The molecule has 3 nitrogen and oxygen atoms in total. The fourth-order valence-corrected chi connectivity index (χ4v) is 0.510. The molecular formula is C6H3FN2O. The molecule has 1 aromatic rings. The monoisotopic (exact) mass is 138 g/mol. The predicted molar refractivity (Wildman–Crippen MR) is 30.6 cm³/mol. The molecule has 0 aliphatic heterocycles. The zero-order valence-corrected chi connectivity index (χ0v) is 4.87. The van der Waals surface area contributed by atoms with Gasteiger partial charge in [-0.3, -0.25) is 0 Å². The number of pyridine rings is 1. The van der Waals surface area contributed by atoms with Crippen LogP contribution < -0.4 is 0 Å². The topological polar surface area (TPSA) is 56.9 Å². The van der Waals surface area contributed by atoms with Crippen LogP contribution in [0.15, 0.2) is 12.1 Å². The van der Waals surface area contributed by atoms with Crippen molar-refractivity contribution in [2.75, 3.05) is 0 Å². The van der Waals surface area contributed by atoms with Crippen molar-refractivity contribution in [1.29, 1.82) is 5.26 Å². The smallest absolute Gasteiger partial charge is 0.214 e. The molecular weight excluding hydrogens is 135 g/mol. The van der Waals surface area contributed by atoms with Gasteiger partial charge in [0.15, 0.2) is 11.4 Å². The molecule has 10 heavy (non-hydrogen) atoms. The van der Waals surface area contributed by atoms with Crippen molar-refractivity contribution in [3.05, 3.63) is 23.8 Å². The second-order valence-corrected chi connectivity index (χ2v) is 1.61. The van der Waals surface area contributed by atoms with Gasteiger partial charge in [0.1, 0.15) is 6.07 Å². The summed E-state index contributed by atoms with van der Waals surface area (Å²) in [7, 11) is 0. The van der Waals surface area contributed by atoms with E-state index >= 15 is 0 Å². The fraction of sp³-hybridized carbons (Fsp3) is 0. The molecule has 1 N–H and O–H groups in total. The molecule has 1 heterocycles. The molecule has 0 fully saturated rings. The number of aromatic nitrogens is 1. The van der Waals surface area contributed by atoms with E-state index in [0.717, 1.165) is 12.1 Å². The molecule has 1 aromatic heterocycles. The first-order valence-electron chi connectivity index (χ1n) is 2.49. The molecule has 0 aromatic carbocycles. The van der Waals surface area contributed by atoms with Crippen LogP contribution in [0.25, 0.3) is 0 Å². The first kappa shape index (κ1) is 6.49. The summed E-state index contributed by atoms with van der Waals surface area (Å²) in [6.45, 7) is 0. The summed E-state index contributed by atoms with van der Waals surface area (Å²) in [6, 6.07) is 3.60. The molecule has 0 radical (unpaired) electrons. The van der Waals surface area contributed by atoms with Crippen LogP contribution in [-0.4, -0.2) is 10.1 Å². The van der Waals surface area contributed by atoms with E-state index < -0.39 is 5.95 Å². The first-order valence-corrected chi connectivity index (χ1v) is 2.49. The van der Waals surface area contributed by atoms with E-state index in [1.54, 1.807) is 0 Å². The Bertz CT molecular complexity index is 292. The molecule has 0 saturated heterocycles. The molecule has 0 saturated carbocycles. The van der Waals surface area contributed by atoms with Gasteiger partial charge in [0.25, 0.3) is 0 Å². The van der Waals surface area contributed by atoms with Crippen molar-refractivity contribution >= 4 is 0 Å². The van der Waals surface area contributed by atoms with Crippen LogP contribution in [0.3, 0.4) is 0 Å². The largest absolute Gasteiger partial charge is 0.505 e. The lowest BCUT2D eigenvalue weighted by atomic mass is 10.3. The highest BCUT2D eigenvalue weighted by molar-refractivity contribution is 5.34. The number of hydrogen-bond acceptors (Lipinski definition) is 3. The van der Waals surface area contributed by atoms with Gasteiger partial charge in [-0.25, -0.2) is 4.98 Å². The molecule has 0 aliphatic carbocycles. The predicted octanol–water partition coefficient (Wildman–Crippen LogP) is 0.798. The molecule has 0 atom stereocenters. The molecule has 0 unspecified atom stereocenters. The van der Waals surface area contributed by atoms with Crippen molar-refractivity contribution in [2.45, 2.75) is 0 Å². The van der Waals surface area contributed by atoms with Crippen LogP contribution in [-0.2, 0) is 0 Å². The number of halogens is 1.